The minimum absolute atomic E-state index is 0.269. The van der Waals surface area contributed by atoms with Gasteiger partial charge < -0.3 is 4.90 Å². The summed E-state index contributed by atoms with van der Waals surface area (Å²) in [6.07, 6.45) is 2.14. The zero-order valence-corrected chi connectivity index (χ0v) is 9.55. The second-order valence-electron chi connectivity index (χ2n) is 5.77. The summed E-state index contributed by atoms with van der Waals surface area (Å²) in [6.45, 7) is 9.95. The van der Waals surface area contributed by atoms with Crippen molar-refractivity contribution in [2.45, 2.75) is 33.6 Å². The SMILES string of the molecule is CC1CN(CC2CC2(C)C)CCC1=O. The van der Waals surface area contributed by atoms with E-state index < -0.39 is 0 Å². The van der Waals surface area contributed by atoms with Crippen molar-refractivity contribution in [1.29, 1.82) is 0 Å². The predicted molar refractivity (Wildman–Crippen MR) is 57.1 cm³/mol. The van der Waals surface area contributed by atoms with Gasteiger partial charge in [0.15, 0.2) is 0 Å². The van der Waals surface area contributed by atoms with Crippen LogP contribution < -0.4 is 0 Å². The number of likely N-dealkylation sites (tertiary alicyclic amines) is 1. The van der Waals surface area contributed by atoms with Crippen LogP contribution in [0.3, 0.4) is 0 Å². The van der Waals surface area contributed by atoms with Gasteiger partial charge in [0.05, 0.1) is 0 Å². The number of Topliss-reactive ketones (excluding diaryl/α,β-unsaturated/α-hetero) is 1. The highest BCUT2D eigenvalue weighted by Crippen LogP contribution is 2.51. The maximum atomic E-state index is 11.3. The van der Waals surface area contributed by atoms with Crippen molar-refractivity contribution in [2.75, 3.05) is 19.6 Å². The fourth-order valence-electron chi connectivity index (χ4n) is 2.46. The first kappa shape index (κ1) is 10.2. The van der Waals surface area contributed by atoms with Crippen LogP contribution in [0.4, 0.5) is 0 Å². The van der Waals surface area contributed by atoms with Crippen LogP contribution in [-0.2, 0) is 4.79 Å². The Balaban J connectivity index is 1.80. The molecule has 1 heterocycles. The number of rotatable bonds is 2. The van der Waals surface area contributed by atoms with Crippen LogP contribution in [-0.4, -0.2) is 30.3 Å². The molecule has 0 aromatic rings. The van der Waals surface area contributed by atoms with Crippen molar-refractivity contribution in [3.8, 4) is 0 Å². The van der Waals surface area contributed by atoms with Crippen LogP contribution in [0.15, 0.2) is 0 Å². The predicted octanol–water partition coefficient (Wildman–Crippen LogP) is 1.94. The van der Waals surface area contributed by atoms with E-state index in [2.05, 4.69) is 25.7 Å². The number of hydrogen-bond donors (Lipinski definition) is 0. The number of carbonyl (C=O) groups is 1. The maximum Gasteiger partial charge on any atom is 0.138 e. The van der Waals surface area contributed by atoms with Gasteiger partial charge in [-0.2, -0.15) is 0 Å². The lowest BCUT2D eigenvalue weighted by atomic mass is 9.98. The third-order valence-corrected chi connectivity index (χ3v) is 3.95. The fraction of sp³-hybridized carbons (Fsp3) is 0.917. The first-order chi connectivity index (χ1) is 6.49. The van der Waals surface area contributed by atoms with E-state index in [1.54, 1.807) is 0 Å². The summed E-state index contributed by atoms with van der Waals surface area (Å²) in [5.74, 6) is 1.60. The Hall–Kier alpha value is -0.370. The highest BCUT2D eigenvalue weighted by atomic mass is 16.1. The molecule has 2 aliphatic rings. The molecule has 0 N–H and O–H groups in total. The van der Waals surface area contributed by atoms with Crippen LogP contribution in [0, 0.1) is 17.3 Å². The fourth-order valence-corrected chi connectivity index (χ4v) is 2.46. The summed E-state index contributed by atoms with van der Waals surface area (Å²) >= 11 is 0. The first-order valence-electron chi connectivity index (χ1n) is 5.74. The van der Waals surface area contributed by atoms with Crippen LogP contribution in [0.25, 0.3) is 0 Å². The van der Waals surface area contributed by atoms with E-state index in [9.17, 15) is 4.79 Å². The van der Waals surface area contributed by atoms with Gasteiger partial charge in [0.1, 0.15) is 5.78 Å². The van der Waals surface area contributed by atoms with Crippen molar-refractivity contribution >= 4 is 5.78 Å². The normalized spacial score (nSPS) is 37.2. The Bertz CT molecular complexity index is 247. The average molecular weight is 195 g/mol. The van der Waals surface area contributed by atoms with Crippen LogP contribution in [0.1, 0.15) is 33.6 Å². The summed E-state index contributed by atoms with van der Waals surface area (Å²) in [5.41, 5.74) is 0.574. The topological polar surface area (TPSA) is 20.3 Å². The third kappa shape index (κ3) is 2.00. The quantitative estimate of drug-likeness (QED) is 0.671. The standard InChI is InChI=1S/C12H21NO/c1-9-7-13(5-4-11(9)14)8-10-6-12(10,2)3/h9-10H,4-8H2,1-3H3. The molecule has 1 aliphatic carbocycles. The Labute approximate surface area is 86.7 Å². The summed E-state index contributed by atoms with van der Waals surface area (Å²) in [4.78, 5) is 13.8. The molecule has 2 atom stereocenters. The number of hydrogen-bond acceptors (Lipinski definition) is 2. The minimum atomic E-state index is 0.269. The van der Waals surface area contributed by atoms with Gasteiger partial charge in [-0.15, -0.1) is 0 Å². The second kappa shape index (κ2) is 3.34. The Morgan fingerprint density at radius 1 is 1.50 bits per heavy atom. The van der Waals surface area contributed by atoms with Gasteiger partial charge in [0.2, 0.25) is 0 Å². The summed E-state index contributed by atoms with van der Waals surface area (Å²) in [6, 6.07) is 0. The molecule has 1 saturated carbocycles. The number of ketones is 1. The molecule has 2 nitrogen and oxygen atoms in total. The highest BCUT2D eigenvalue weighted by molar-refractivity contribution is 5.81. The van der Waals surface area contributed by atoms with E-state index in [4.69, 9.17) is 0 Å². The van der Waals surface area contributed by atoms with E-state index in [0.29, 0.717) is 11.2 Å². The van der Waals surface area contributed by atoms with Crippen LogP contribution >= 0.6 is 0 Å². The third-order valence-electron chi connectivity index (χ3n) is 3.95. The molecule has 0 bridgehead atoms. The number of nitrogens with zero attached hydrogens (tertiary/aromatic N) is 1. The zero-order chi connectivity index (χ0) is 10.3. The zero-order valence-electron chi connectivity index (χ0n) is 9.55. The van der Waals surface area contributed by atoms with Gasteiger partial charge in [0.25, 0.3) is 0 Å². The monoisotopic (exact) mass is 195 g/mol. The molecule has 14 heavy (non-hydrogen) atoms. The van der Waals surface area contributed by atoms with Gasteiger partial charge in [0, 0.05) is 32.0 Å². The Kier molecular flexibility index (Phi) is 2.42. The van der Waals surface area contributed by atoms with E-state index in [-0.39, 0.29) is 5.92 Å². The van der Waals surface area contributed by atoms with E-state index in [1.165, 1.54) is 13.0 Å². The number of piperidine rings is 1. The van der Waals surface area contributed by atoms with E-state index in [1.807, 2.05) is 0 Å². The molecular weight excluding hydrogens is 174 g/mol. The van der Waals surface area contributed by atoms with Crippen molar-refractivity contribution in [3.63, 3.8) is 0 Å². The van der Waals surface area contributed by atoms with E-state index in [0.717, 1.165) is 25.4 Å². The molecule has 1 aliphatic heterocycles. The summed E-state index contributed by atoms with van der Waals surface area (Å²) in [5, 5.41) is 0. The molecule has 0 aromatic carbocycles. The first-order valence-corrected chi connectivity index (χ1v) is 5.74. The number of carbonyl (C=O) groups excluding carboxylic acids is 1. The lowest BCUT2D eigenvalue weighted by Gasteiger charge is -2.30. The molecule has 2 rings (SSSR count). The van der Waals surface area contributed by atoms with Crippen LogP contribution in [0.5, 0.6) is 0 Å². The highest BCUT2D eigenvalue weighted by Gasteiger charge is 2.46. The largest absolute Gasteiger partial charge is 0.302 e. The van der Waals surface area contributed by atoms with Crippen LogP contribution in [0.2, 0.25) is 0 Å². The van der Waals surface area contributed by atoms with Gasteiger partial charge >= 0.3 is 0 Å². The van der Waals surface area contributed by atoms with Crippen molar-refractivity contribution in [2.24, 2.45) is 17.3 Å². The van der Waals surface area contributed by atoms with Gasteiger partial charge in [-0.1, -0.05) is 20.8 Å². The molecule has 0 radical (unpaired) electrons. The Morgan fingerprint density at radius 2 is 2.14 bits per heavy atom. The smallest absolute Gasteiger partial charge is 0.138 e. The average Bonchev–Trinajstić information content (AvgIpc) is 2.67. The Morgan fingerprint density at radius 3 is 2.64 bits per heavy atom. The molecule has 2 heteroatoms. The van der Waals surface area contributed by atoms with Gasteiger partial charge in [-0.25, -0.2) is 0 Å². The van der Waals surface area contributed by atoms with Gasteiger partial charge in [-0.05, 0) is 17.8 Å². The molecule has 0 amide bonds. The van der Waals surface area contributed by atoms with Crippen molar-refractivity contribution in [1.82, 2.24) is 4.90 Å². The molecule has 0 spiro atoms. The lowest BCUT2D eigenvalue weighted by Crippen LogP contribution is -2.40. The molecule has 2 unspecified atom stereocenters. The molecule has 1 saturated heterocycles. The minimum Gasteiger partial charge on any atom is -0.302 e. The molecule has 2 fully saturated rings. The van der Waals surface area contributed by atoms with Gasteiger partial charge in [-0.3, -0.25) is 4.79 Å². The molecule has 80 valence electrons. The van der Waals surface area contributed by atoms with Crippen molar-refractivity contribution < 1.29 is 4.79 Å². The summed E-state index contributed by atoms with van der Waals surface area (Å²) in [7, 11) is 0. The van der Waals surface area contributed by atoms with E-state index >= 15 is 0 Å². The second-order valence-corrected chi connectivity index (χ2v) is 5.77. The maximum absolute atomic E-state index is 11.3. The molecular formula is C12H21NO. The summed E-state index contributed by atoms with van der Waals surface area (Å²) < 4.78 is 0. The van der Waals surface area contributed by atoms with Crippen molar-refractivity contribution in [3.05, 3.63) is 0 Å². The molecule has 0 aromatic heterocycles. The lowest BCUT2D eigenvalue weighted by molar-refractivity contribution is -0.125.